The molecular formula is C10H15N3O3. The Balaban J connectivity index is 2.26. The zero-order valence-corrected chi connectivity index (χ0v) is 8.87. The van der Waals surface area contributed by atoms with Crippen LogP contribution in [0.4, 0.5) is 5.82 Å². The van der Waals surface area contributed by atoms with E-state index in [0.29, 0.717) is 13.0 Å². The second-order valence-corrected chi connectivity index (χ2v) is 3.82. The fourth-order valence-corrected chi connectivity index (χ4v) is 2.04. The molecule has 1 aromatic rings. The van der Waals surface area contributed by atoms with Crippen molar-refractivity contribution in [3.63, 3.8) is 0 Å². The molecule has 6 nitrogen and oxygen atoms in total. The average molecular weight is 225 g/mol. The van der Waals surface area contributed by atoms with Gasteiger partial charge in [0.25, 0.3) is 0 Å². The van der Waals surface area contributed by atoms with Gasteiger partial charge in [-0.2, -0.15) is 4.98 Å². The molecule has 2 heterocycles. The summed E-state index contributed by atoms with van der Waals surface area (Å²) in [6.07, 6.45) is 2.81. The van der Waals surface area contributed by atoms with Crippen LogP contribution < -0.4 is 11.4 Å². The van der Waals surface area contributed by atoms with Crippen molar-refractivity contribution in [2.75, 3.05) is 18.9 Å². The van der Waals surface area contributed by atoms with Crippen LogP contribution in [0, 0.1) is 0 Å². The Kier molecular flexibility index (Phi) is 3.21. The largest absolute Gasteiger partial charge is 0.396 e. The molecule has 3 N–H and O–H groups in total. The van der Waals surface area contributed by atoms with Crippen LogP contribution >= 0.6 is 0 Å². The molecule has 1 saturated heterocycles. The maximum atomic E-state index is 11.6. The highest BCUT2D eigenvalue weighted by atomic mass is 16.5. The summed E-state index contributed by atoms with van der Waals surface area (Å²) in [5.74, 6) is 0.221. The number of nitrogen functional groups attached to an aromatic ring is 1. The van der Waals surface area contributed by atoms with E-state index in [1.807, 2.05) is 0 Å². The first-order chi connectivity index (χ1) is 7.72. The summed E-state index contributed by atoms with van der Waals surface area (Å²) >= 11 is 0. The highest BCUT2D eigenvalue weighted by Gasteiger charge is 2.29. The third kappa shape index (κ3) is 2.07. The first-order valence-electron chi connectivity index (χ1n) is 5.29. The number of aromatic nitrogens is 2. The predicted octanol–water partition coefficient (Wildman–Crippen LogP) is -0.462. The number of aliphatic hydroxyl groups excluding tert-OH is 1. The lowest BCUT2D eigenvalue weighted by Gasteiger charge is -2.19. The van der Waals surface area contributed by atoms with E-state index in [1.165, 1.54) is 4.57 Å². The first-order valence-corrected chi connectivity index (χ1v) is 5.29. The van der Waals surface area contributed by atoms with Gasteiger partial charge >= 0.3 is 5.69 Å². The van der Waals surface area contributed by atoms with Crippen molar-refractivity contribution in [3.05, 3.63) is 22.7 Å². The molecule has 16 heavy (non-hydrogen) atoms. The van der Waals surface area contributed by atoms with Crippen LogP contribution in [-0.4, -0.2) is 34.0 Å². The van der Waals surface area contributed by atoms with Crippen LogP contribution in [0.15, 0.2) is 17.1 Å². The van der Waals surface area contributed by atoms with E-state index in [2.05, 4.69) is 4.98 Å². The molecule has 0 saturated carbocycles. The Labute approximate surface area is 92.7 Å². The molecule has 2 atom stereocenters. The van der Waals surface area contributed by atoms with Crippen LogP contribution in [0.2, 0.25) is 0 Å². The lowest BCUT2D eigenvalue weighted by molar-refractivity contribution is 0.0684. The SMILES string of the molecule is Nc1ccn(C2CCOC2CCO)c(=O)n1. The predicted molar refractivity (Wildman–Crippen MR) is 58.0 cm³/mol. The molecule has 1 aromatic heterocycles. The van der Waals surface area contributed by atoms with Crippen LogP contribution in [0.1, 0.15) is 18.9 Å². The lowest BCUT2D eigenvalue weighted by Crippen LogP contribution is -2.31. The van der Waals surface area contributed by atoms with E-state index in [4.69, 9.17) is 15.6 Å². The molecule has 1 aliphatic rings. The molecule has 0 aromatic carbocycles. The zero-order valence-electron chi connectivity index (χ0n) is 8.87. The molecule has 0 bridgehead atoms. The van der Waals surface area contributed by atoms with Crippen molar-refractivity contribution in [1.82, 2.24) is 9.55 Å². The molecule has 2 rings (SSSR count). The summed E-state index contributed by atoms with van der Waals surface area (Å²) < 4.78 is 7.00. The Bertz CT molecular complexity index is 418. The van der Waals surface area contributed by atoms with E-state index in [-0.39, 0.29) is 30.3 Å². The fraction of sp³-hybridized carbons (Fsp3) is 0.600. The number of ether oxygens (including phenoxy) is 1. The van der Waals surface area contributed by atoms with Gasteiger partial charge in [-0.15, -0.1) is 0 Å². The molecule has 88 valence electrons. The van der Waals surface area contributed by atoms with Gasteiger partial charge in [0, 0.05) is 19.4 Å². The molecule has 1 fully saturated rings. The summed E-state index contributed by atoms with van der Waals surface area (Å²) in [7, 11) is 0. The van der Waals surface area contributed by atoms with E-state index >= 15 is 0 Å². The number of rotatable bonds is 3. The minimum Gasteiger partial charge on any atom is -0.396 e. The highest BCUT2D eigenvalue weighted by Crippen LogP contribution is 2.26. The van der Waals surface area contributed by atoms with Crippen molar-refractivity contribution in [2.24, 2.45) is 0 Å². The van der Waals surface area contributed by atoms with Gasteiger partial charge in [0.1, 0.15) is 5.82 Å². The van der Waals surface area contributed by atoms with E-state index in [9.17, 15) is 4.79 Å². The second-order valence-electron chi connectivity index (χ2n) is 3.82. The van der Waals surface area contributed by atoms with Crippen LogP contribution in [0.25, 0.3) is 0 Å². The number of nitrogens with zero attached hydrogens (tertiary/aromatic N) is 2. The normalized spacial score (nSPS) is 24.8. The minimum absolute atomic E-state index is 0.0484. The van der Waals surface area contributed by atoms with Gasteiger partial charge in [0.05, 0.1) is 12.1 Å². The summed E-state index contributed by atoms with van der Waals surface area (Å²) in [5.41, 5.74) is 5.06. The van der Waals surface area contributed by atoms with E-state index < -0.39 is 0 Å². The number of aliphatic hydroxyl groups is 1. The molecule has 0 spiro atoms. The monoisotopic (exact) mass is 225 g/mol. The zero-order chi connectivity index (χ0) is 11.5. The maximum Gasteiger partial charge on any atom is 0.349 e. The smallest absolute Gasteiger partial charge is 0.349 e. The third-order valence-electron chi connectivity index (χ3n) is 2.80. The van der Waals surface area contributed by atoms with Crippen molar-refractivity contribution < 1.29 is 9.84 Å². The van der Waals surface area contributed by atoms with Crippen LogP contribution in [-0.2, 0) is 4.74 Å². The van der Waals surface area contributed by atoms with E-state index in [1.54, 1.807) is 12.3 Å². The number of hydrogen-bond acceptors (Lipinski definition) is 5. The molecule has 2 unspecified atom stereocenters. The third-order valence-corrected chi connectivity index (χ3v) is 2.80. The molecule has 0 amide bonds. The van der Waals surface area contributed by atoms with Gasteiger partial charge in [-0.05, 0) is 18.9 Å². The Morgan fingerprint density at radius 1 is 1.69 bits per heavy atom. The Hall–Kier alpha value is -1.40. The van der Waals surface area contributed by atoms with E-state index in [0.717, 1.165) is 6.42 Å². The highest BCUT2D eigenvalue weighted by molar-refractivity contribution is 5.23. The van der Waals surface area contributed by atoms with Crippen molar-refractivity contribution >= 4 is 5.82 Å². The first kappa shape index (κ1) is 11.1. The van der Waals surface area contributed by atoms with Gasteiger partial charge in [-0.1, -0.05) is 0 Å². The number of anilines is 1. The lowest BCUT2D eigenvalue weighted by atomic mass is 10.1. The molecular weight excluding hydrogens is 210 g/mol. The maximum absolute atomic E-state index is 11.6. The van der Waals surface area contributed by atoms with Crippen LogP contribution in [0.5, 0.6) is 0 Å². The summed E-state index contributed by atoms with van der Waals surface area (Å²) in [5, 5.41) is 8.90. The van der Waals surface area contributed by atoms with Gasteiger partial charge < -0.3 is 15.6 Å². The average Bonchev–Trinajstić information content (AvgIpc) is 2.67. The summed E-state index contributed by atoms with van der Waals surface area (Å²) in [6, 6.07) is 1.54. The molecule has 6 heteroatoms. The van der Waals surface area contributed by atoms with Gasteiger partial charge in [-0.3, -0.25) is 4.57 Å². The van der Waals surface area contributed by atoms with Crippen LogP contribution in [0.3, 0.4) is 0 Å². The van der Waals surface area contributed by atoms with Gasteiger partial charge in [0.15, 0.2) is 0 Å². The topological polar surface area (TPSA) is 90.4 Å². The quantitative estimate of drug-likeness (QED) is 0.726. The number of hydrogen-bond donors (Lipinski definition) is 2. The Morgan fingerprint density at radius 3 is 3.19 bits per heavy atom. The van der Waals surface area contributed by atoms with Crippen molar-refractivity contribution in [2.45, 2.75) is 25.0 Å². The minimum atomic E-state index is -0.363. The number of nitrogens with two attached hydrogens (primary N) is 1. The van der Waals surface area contributed by atoms with Crippen molar-refractivity contribution in [1.29, 1.82) is 0 Å². The molecule has 1 aliphatic heterocycles. The van der Waals surface area contributed by atoms with Crippen molar-refractivity contribution in [3.8, 4) is 0 Å². The fourth-order valence-electron chi connectivity index (χ4n) is 2.04. The van der Waals surface area contributed by atoms with Gasteiger partial charge in [-0.25, -0.2) is 4.79 Å². The Morgan fingerprint density at radius 2 is 2.50 bits per heavy atom. The second kappa shape index (κ2) is 4.63. The summed E-state index contributed by atoms with van der Waals surface area (Å²) in [4.78, 5) is 15.3. The van der Waals surface area contributed by atoms with Gasteiger partial charge in [0.2, 0.25) is 0 Å². The molecule has 0 radical (unpaired) electrons. The summed E-state index contributed by atoms with van der Waals surface area (Å²) in [6.45, 7) is 0.657. The molecule has 0 aliphatic carbocycles. The standard InChI is InChI=1S/C10H15N3O3/c11-9-1-4-13(10(15)12-9)7-3-6-16-8(7)2-5-14/h1,4,7-8,14H,2-3,5-6H2,(H2,11,12,15).